The molecule has 0 aliphatic heterocycles. The Kier molecular flexibility index (Phi) is 4.00. The SMILES string of the molecule is COc1ccc(N/N=C(\C#N)C(=N)N)c2ccc(C)nc12. The summed E-state index contributed by atoms with van der Waals surface area (Å²) in [5.41, 5.74) is 10.0. The van der Waals surface area contributed by atoms with Crippen LogP contribution in [0.5, 0.6) is 5.75 Å². The standard InChI is InChI=1S/C14H14N6O/c1-8-3-4-9-10(19-20-11(7-15)14(16)17)5-6-12(21-2)13(9)18-8/h3-6,19H,1-2H3,(H3,16,17)/b20-11+. The number of benzene rings is 1. The summed E-state index contributed by atoms with van der Waals surface area (Å²) < 4.78 is 5.29. The number of aryl methyl sites for hydroxylation is 1. The van der Waals surface area contributed by atoms with Crippen molar-refractivity contribution in [1.29, 1.82) is 10.7 Å². The van der Waals surface area contributed by atoms with Gasteiger partial charge in [0.2, 0.25) is 5.71 Å². The number of methoxy groups -OCH3 is 1. The average Bonchev–Trinajstić information content (AvgIpc) is 2.47. The van der Waals surface area contributed by atoms with Crippen molar-refractivity contribution >= 4 is 28.1 Å². The molecule has 4 N–H and O–H groups in total. The summed E-state index contributed by atoms with van der Waals surface area (Å²) >= 11 is 0. The van der Waals surface area contributed by atoms with Crippen LogP contribution in [0.3, 0.4) is 0 Å². The van der Waals surface area contributed by atoms with Gasteiger partial charge in [-0.2, -0.15) is 10.4 Å². The Morgan fingerprint density at radius 2 is 2.19 bits per heavy atom. The number of anilines is 1. The Labute approximate surface area is 121 Å². The van der Waals surface area contributed by atoms with Crippen LogP contribution in [0.1, 0.15) is 5.69 Å². The maximum absolute atomic E-state index is 8.83. The summed E-state index contributed by atoms with van der Waals surface area (Å²) in [6.07, 6.45) is 0. The van der Waals surface area contributed by atoms with Crippen molar-refractivity contribution in [3.63, 3.8) is 0 Å². The molecule has 21 heavy (non-hydrogen) atoms. The summed E-state index contributed by atoms with van der Waals surface area (Å²) in [5.74, 6) is 0.257. The highest BCUT2D eigenvalue weighted by molar-refractivity contribution is 6.45. The fraction of sp³-hybridized carbons (Fsp3) is 0.143. The van der Waals surface area contributed by atoms with Gasteiger partial charge in [-0.1, -0.05) is 0 Å². The number of rotatable bonds is 4. The molecule has 1 aromatic heterocycles. The normalized spacial score (nSPS) is 11.0. The number of hydrogen-bond donors (Lipinski definition) is 3. The molecule has 106 valence electrons. The molecule has 0 saturated heterocycles. The molecule has 0 radical (unpaired) electrons. The Morgan fingerprint density at radius 1 is 1.43 bits per heavy atom. The molecular formula is C14H14N6O. The number of aromatic nitrogens is 1. The molecule has 0 bridgehead atoms. The number of pyridine rings is 1. The molecule has 0 aliphatic rings. The lowest BCUT2D eigenvalue weighted by Gasteiger charge is -2.10. The molecule has 0 aliphatic carbocycles. The number of amidine groups is 1. The van der Waals surface area contributed by atoms with Crippen LogP contribution in [-0.2, 0) is 0 Å². The van der Waals surface area contributed by atoms with Gasteiger partial charge >= 0.3 is 0 Å². The Bertz CT molecular complexity index is 775. The third kappa shape index (κ3) is 2.90. The van der Waals surface area contributed by atoms with Gasteiger partial charge in [0.15, 0.2) is 5.84 Å². The molecule has 0 fully saturated rings. The largest absolute Gasteiger partial charge is 0.494 e. The molecular weight excluding hydrogens is 268 g/mol. The van der Waals surface area contributed by atoms with E-state index in [-0.39, 0.29) is 5.71 Å². The van der Waals surface area contributed by atoms with Crippen LogP contribution >= 0.6 is 0 Å². The first-order valence-corrected chi connectivity index (χ1v) is 6.09. The maximum atomic E-state index is 8.83. The quantitative estimate of drug-likeness (QED) is 0.448. The van der Waals surface area contributed by atoms with Gasteiger partial charge < -0.3 is 10.5 Å². The molecule has 0 atom stereocenters. The van der Waals surface area contributed by atoms with Crippen LogP contribution in [0.2, 0.25) is 0 Å². The van der Waals surface area contributed by atoms with E-state index in [1.54, 1.807) is 25.3 Å². The van der Waals surface area contributed by atoms with E-state index >= 15 is 0 Å². The van der Waals surface area contributed by atoms with Crippen LogP contribution in [0.15, 0.2) is 29.4 Å². The lowest BCUT2D eigenvalue weighted by Crippen LogP contribution is -2.21. The van der Waals surface area contributed by atoms with Crippen molar-refractivity contribution in [3.05, 3.63) is 30.0 Å². The van der Waals surface area contributed by atoms with E-state index in [2.05, 4.69) is 15.5 Å². The van der Waals surface area contributed by atoms with E-state index in [0.717, 1.165) is 11.1 Å². The minimum absolute atomic E-state index is 0.181. The maximum Gasteiger partial charge on any atom is 0.201 e. The van der Waals surface area contributed by atoms with Gasteiger partial charge in [0.1, 0.15) is 17.3 Å². The third-order valence-corrected chi connectivity index (χ3v) is 2.83. The van der Waals surface area contributed by atoms with Crippen molar-refractivity contribution in [2.75, 3.05) is 12.5 Å². The molecule has 7 heteroatoms. The van der Waals surface area contributed by atoms with Gasteiger partial charge in [0, 0.05) is 11.1 Å². The molecule has 2 rings (SSSR count). The summed E-state index contributed by atoms with van der Waals surface area (Å²) in [5, 5.41) is 20.7. The topological polar surface area (TPSA) is 120 Å². The van der Waals surface area contributed by atoms with Crippen molar-refractivity contribution in [1.82, 2.24) is 4.98 Å². The predicted molar refractivity (Wildman–Crippen MR) is 81.6 cm³/mol. The highest BCUT2D eigenvalue weighted by Crippen LogP contribution is 2.30. The fourth-order valence-electron chi connectivity index (χ4n) is 1.81. The molecule has 0 spiro atoms. The zero-order chi connectivity index (χ0) is 15.4. The Hall–Kier alpha value is -3.14. The first-order chi connectivity index (χ1) is 10.1. The third-order valence-electron chi connectivity index (χ3n) is 2.83. The molecule has 1 heterocycles. The van der Waals surface area contributed by atoms with Gasteiger partial charge in [0.05, 0.1) is 12.8 Å². The highest BCUT2D eigenvalue weighted by atomic mass is 16.5. The first-order valence-electron chi connectivity index (χ1n) is 6.09. The van der Waals surface area contributed by atoms with Gasteiger partial charge in [0.25, 0.3) is 0 Å². The average molecular weight is 282 g/mol. The van der Waals surface area contributed by atoms with Crippen molar-refractivity contribution in [2.45, 2.75) is 6.92 Å². The second-order valence-electron chi connectivity index (χ2n) is 4.26. The number of nitrogens with zero attached hydrogens (tertiary/aromatic N) is 3. The summed E-state index contributed by atoms with van der Waals surface area (Å²) in [6, 6.07) is 9.02. The van der Waals surface area contributed by atoms with Crippen molar-refractivity contribution in [3.8, 4) is 11.8 Å². The number of fused-ring (bicyclic) bond motifs is 1. The van der Waals surface area contributed by atoms with E-state index in [1.807, 2.05) is 19.1 Å². The van der Waals surface area contributed by atoms with Gasteiger partial charge in [-0.15, -0.1) is 0 Å². The van der Waals surface area contributed by atoms with Crippen molar-refractivity contribution < 1.29 is 4.74 Å². The molecule has 0 unspecified atom stereocenters. The predicted octanol–water partition coefficient (Wildman–Crippen LogP) is 1.78. The lowest BCUT2D eigenvalue weighted by atomic mass is 10.1. The Morgan fingerprint density at radius 3 is 2.81 bits per heavy atom. The van der Waals surface area contributed by atoms with E-state index in [4.69, 9.17) is 21.1 Å². The number of hydrazone groups is 1. The number of ether oxygens (including phenoxy) is 1. The van der Waals surface area contributed by atoms with Gasteiger partial charge in [-0.05, 0) is 31.2 Å². The molecule has 0 amide bonds. The van der Waals surface area contributed by atoms with Crippen LogP contribution in [0.4, 0.5) is 5.69 Å². The summed E-state index contributed by atoms with van der Waals surface area (Å²) in [7, 11) is 1.58. The van der Waals surface area contributed by atoms with Crippen LogP contribution in [-0.4, -0.2) is 23.6 Å². The molecule has 7 nitrogen and oxygen atoms in total. The second kappa shape index (κ2) is 5.88. The highest BCUT2D eigenvalue weighted by Gasteiger charge is 2.08. The zero-order valence-electron chi connectivity index (χ0n) is 11.6. The molecule has 2 aromatic rings. The molecule has 0 saturated carbocycles. The second-order valence-corrected chi connectivity index (χ2v) is 4.26. The summed E-state index contributed by atoms with van der Waals surface area (Å²) in [6.45, 7) is 1.89. The number of nitriles is 1. The van der Waals surface area contributed by atoms with Crippen LogP contribution < -0.4 is 15.9 Å². The Balaban J connectivity index is 2.51. The monoisotopic (exact) mass is 282 g/mol. The summed E-state index contributed by atoms with van der Waals surface area (Å²) in [4.78, 5) is 4.44. The fourth-order valence-corrected chi connectivity index (χ4v) is 1.81. The van der Waals surface area contributed by atoms with Crippen LogP contribution in [0, 0.1) is 23.7 Å². The van der Waals surface area contributed by atoms with E-state index in [1.165, 1.54) is 0 Å². The van der Waals surface area contributed by atoms with Crippen molar-refractivity contribution in [2.24, 2.45) is 10.8 Å². The number of hydrogen-bond acceptors (Lipinski definition) is 6. The van der Waals surface area contributed by atoms with Gasteiger partial charge in [-0.3, -0.25) is 10.8 Å². The zero-order valence-corrected chi connectivity index (χ0v) is 11.6. The van der Waals surface area contributed by atoms with E-state index in [9.17, 15) is 0 Å². The number of nitrogens with one attached hydrogen (secondary N) is 2. The van der Waals surface area contributed by atoms with E-state index in [0.29, 0.717) is 17.0 Å². The minimum Gasteiger partial charge on any atom is -0.494 e. The smallest absolute Gasteiger partial charge is 0.201 e. The minimum atomic E-state index is -0.392. The number of nitrogens with two attached hydrogens (primary N) is 1. The van der Waals surface area contributed by atoms with Crippen LogP contribution in [0.25, 0.3) is 10.9 Å². The van der Waals surface area contributed by atoms with E-state index < -0.39 is 5.84 Å². The lowest BCUT2D eigenvalue weighted by molar-refractivity contribution is 0.419. The van der Waals surface area contributed by atoms with Gasteiger partial charge in [-0.25, -0.2) is 4.98 Å². The first kappa shape index (κ1) is 14.3. The molecule has 1 aromatic carbocycles.